The smallest absolute Gasteiger partial charge is 0.269 e. The minimum absolute atomic E-state index is 0.00899. The van der Waals surface area contributed by atoms with E-state index < -0.39 is 5.91 Å². The van der Waals surface area contributed by atoms with E-state index in [-0.39, 0.29) is 11.0 Å². The van der Waals surface area contributed by atoms with Gasteiger partial charge in [-0.05, 0) is 49.3 Å². The molecule has 2 amide bonds. The number of nitrogens with one attached hydrogen (secondary N) is 3. The van der Waals surface area contributed by atoms with Crippen LogP contribution in [0.3, 0.4) is 0 Å². The van der Waals surface area contributed by atoms with Crippen LogP contribution in [-0.2, 0) is 0 Å². The van der Waals surface area contributed by atoms with E-state index in [0.29, 0.717) is 23.5 Å². The summed E-state index contributed by atoms with van der Waals surface area (Å²) in [5.74, 6) is -0.257. The topological polar surface area (TPSA) is 79.5 Å². The van der Waals surface area contributed by atoms with E-state index in [1.165, 1.54) is 0 Å². The van der Waals surface area contributed by atoms with Crippen LogP contribution < -0.4 is 20.9 Å². The summed E-state index contributed by atoms with van der Waals surface area (Å²) in [6.45, 7) is 4.44. The third-order valence-electron chi connectivity index (χ3n) is 3.79. The number of unbranched alkanes of at least 4 members (excludes halogenated alkanes) is 1. The summed E-state index contributed by atoms with van der Waals surface area (Å²) < 4.78 is 5.66. The Labute approximate surface area is 164 Å². The van der Waals surface area contributed by atoms with Crippen LogP contribution in [0, 0.1) is 6.92 Å². The predicted molar refractivity (Wildman–Crippen MR) is 109 cm³/mol. The van der Waals surface area contributed by atoms with Crippen LogP contribution in [0.1, 0.15) is 46.0 Å². The number of amides is 2. The maximum atomic E-state index is 12.4. The van der Waals surface area contributed by atoms with Crippen molar-refractivity contribution in [3.05, 3.63) is 65.2 Å². The molecule has 0 spiro atoms. The number of para-hydroxylation sites is 1. The van der Waals surface area contributed by atoms with Crippen molar-refractivity contribution in [1.82, 2.24) is 16.2 Å². The lowest BCUT2D eigenvalue weighted by atomic mass is 10.1. The molecule has 0 aliphatic heterocycles. The van der Waals surface area contributed by atoms with Gasteiger partial charge in [-0.2, -0.15) is 0 Å². The largest absolute Gasteiger partial charge is 0.493 e. The average molecular weight is 385 g/mol. The Morgan fingerprint density at radius 2 is 1.63 bits per heavy atom. The standard InChI is InChI=1S/C20H23N3O3S/c1-3-4-13-26-17-12-8-7-11-16(17)18(24)21-20(27)23-22-19(25)15-10-6-5-9-14(15)2/h5-12H,3-4,13H2,1-2H3,(H,22,25)(H2,21,23,24,27). The molecule has 2 aromatic carbocycles. The van der Waals surface area contributed by atoms with Crippen LogP contribution in [0.4, 0.5) is 0 Å². The molecule has 2 rings (SSSR count). The summed E-state index contributed by atoms with van der Waals surface area (Å²) in [5.41, 5.74) is 6.75. The Hall–Kier alpha value is -2.93. The summed E-state index contributed by atoms with van der Waals surface area (Å²) >= 11 is 5.08. The van der Waals surface area contributed by atoms with Crippen LogP contribution in [0.25, 0.3) is 0 Å². The van der Waals surface area contributed by atoms with E-state index in [4.69, 9.17) is 17.0 Å². The number of thiocarbonyl (C=S) groups is 1. The lowest BCUT2D eigenvalue weighted by Gasteiger charge is -2.14. The number of hydrogen-bond donors (Lipinski definition) is 3. The molecule has 0 aliphatic rings. The molecular formula is C20H23N3O3S. The van der Waals surface area contributed by atoms with Gasteiger partial charge in [0.25, 0.3) is 11.8 Å². The molecule has 0 aromatic heterocycles. The Balaban J connectivity index is 1.91. The fourth-order valence-corrected chi connectivity index (χ4v) is 2.46. The molecule has 0 saturated heterocycles. The van der Waals surface area contributed by atoms with Crippen LogP contribution in [0.5, 0.6) is 5.75 Å². The van der Waals surface area contributed by atoms with E-state index >= 15 is 0 Å². The molecule has 0 atom stereocenters. The van der Waals surface area contributed by atoms with Crippen LogP contribution in [-0.4, -0.2) is 23.5 Å². The zero-order chi connectivity index (χ0) is 19.6. The minimum atomic E-state index is -0.412. The molecule has 0 saturated carbocycles. The predicted octanol–water partition coefficient (Wildman–Crippen LogP) is 3.12. The van der Waals surface area contributed by atoms with Gasteiger partial charge < -0.3 is 4.74 Å². The molecule has 0 bridgehead atoms. The first kappa shape index (κ1) is 20.4. The highest BCUT2D eigenvalue weighted by Gasteiger charge is 2.14. The van der Waals surface area contributed by atoms with Crippen molar-refractivity contribution in [3.63, 3.8) is 0 Å². The lowest BCUT2D eigenvalue weighted by Crippen LogP contribution is -2.48. The number of hydrogen-bond acceptors (Lipinski definition) is 4. The van der Waals surface area contributed by atoms with Crippen molar-refractivity contribution in [2.75, 3.05) is 6.61 Å². The summed E-state index contributed by atoms with van der Waals surface area (Å²) in [7, 11) is 0. The summed E-state index contributed by atoms with van der Waals surface area (Å²) in [6.07, 6.45) is 1.91. The number of benzene rings is 2. The van der Waals surface area contributed by atoms with Crippen LogP contribution >= 0.6 is 12.2 Å². The molecule has 0 heterocycles. The molecule has 0 fully saturated rings. The molecule has 3 N–H and O–H groups in total. The van der Waals surface area contributed by atoms with Crippen LogP contribution in [0.15, 0.2) is 48.5 Å². The van der Waals surface area contributed by atoms with Gasteiger partial charge in [0.1, 0.15) is 5.75 Å². The van der Waals surface area contributed by atoms with Crippen LogP contribution in [0.2, 0.25) is 0 Å². The lowest BCUT2D eigenvalue weighted by molar-refractivity contribution is 0.0933. The van der Waals surface area contributed by atoms with Crippen molar-refractivity contribution < 1.29 is 14.3 Å². The molecule has 2 aromatic rings. The van der Waals surface area contributed by atoms with Gasteiger partial charge in [0.15, 0.2) is 5.11 Å². The van der Waals surface area contributed by atoms with E-state index in [2.05, 4.69) is 23.1 Å². The minimum Gasteiger partial charge on any atom is -0.493 e. The molecule has 142 valence electrons. The summed E-state index contributed by atoms with van der Waals surface area (Å²) in [6, 6.07) is 14.1. The first-order valence-electron chi connectivity index (χ1n) is 8.72. The highest BCUT2D eigenvalue weighted by molar-refractivity contribution is 7.80. The normalized spacial score (nSPS) is 10.0. The zero-order valence-electron chi connectivity index (χ0n) is 15.4. The molecule has 0 unspecified atom stereocenters. The fraction of sp³-hybridized carbons (Fsp3) is 0.250. The second kappa shape index (κ2) is 10.3. The second-order valence-corrected chi connectivity index (χ2v) is 6.28. The number of ether oxygens (including phenoxy) is 1. The van der Waals surface area contributed by atoms with Gasteiger partial charge in [-0.1, -0.05) is 43.7 Å². The Bertz CT molecular complexity index is 824. The molecule has 7 heteroatoms. The first-order chi connectivity index (χ1) is 13.0. The van der Waals surface area contributed by atoms with Gasteiger partial charge >= 0.3 is 0 Å². The Kier molecular flexibility index (Phi) is 7.76. The van der Waals surface area contributed by atoms with Crippen molar-refractivity contribution in [1.29, 1.82) is 0 Å². The zero-order valence-corrected chi connectivity index (χ0v) is 16.2. The van der Waals surface area contributed by atoms with Gasteiger partial charge in [0.05, 0.1) is 12.2 Å². The highest BCUT2D eigenvalue weighted by Crippen LogP contribution is 2.18. The highest BCUT2D eigenvalue weighted by atomic mass is 32.1. The van der Waals surface area contributed by atoms with Crippen molar-refractivity contribution in [3.8, 4) is 5.75 Å². The number of rotatable bonds is 6. The molecule has 0 aliphatic carbocycles. The fourth-order valence-electron chi connectivity index (χ4n) is 2.32. The molecule has 6 nitrogen and oxygen atoms in total. The van der Waals surface area contributed by atoms with E-state index in [9.17, 15) is 9.59 Å². The molecular weight excluding hydrogens is 362 g/mol. The third kappa shape index (κ3) is 6.07. The molecule has 0 radical (unpaired) electrons. The summed E-state index contributed by atoms with van der Waals surface area (Å²) in [5, 5.41) is 2.53. The Morgan fingerprint density at radius 1 is 0.963 bits per heavy atom. The van der Waals surface area contributed by atoms with Gasteiger partial charge in [-0.15, -0.1) is 0 Å². The average Bonchev–Trinajstić information content (AvgIpc) is 2.67. The monoisotopic (exact) mass is 385 g/mol. The van der Waals surface area contributed by atoms with Gasteiger partial charge in [0, 0.05) is 5.56 Å². The van der Waals surface area contributed by atoms with Crippen molar-refractivity contribution in [2.24, 2.45) is 0 Å². The van der Waals surface area contributed by atoms with Crippen molar-refractivity contribution in [2.45, 2.75) is 26.7 Å². The number of carbonyl (C=O) groups excluding carboxylic acids is 2. The van der Waals surface area contributed by atoms with E-state index in [1.54, 1.807) is 36.4 Å². The maximum Gasteiger partial charge on any atom is 0.269 e. The van der Waals surface area contributed by atoms with Gasteiger partial charge in [-0.3, -0.25) is 25.8 Å². The number of aryl methyl sites for hydroxylation is 1. The SMILES string of the molecule is CCCCOc1ccccc1C(=O)NC(=S)NNC(=O)c1ccccc1C. The quantitative estimate of drug-likeness (QED) is 0.404. The number of hydrazine groups is 1. The first-order valence-corrected chi connectivity index (χ1v) is 9.13. The van der Waals surface area contributed by atoms with E-state index in [1.807, 2.05) is 19.1 Å². The van der Waals surface area contributed by atoms with Gasteiger partial charge in [0.2, 0.25) is 0 Å². The maximum absolute atomic E-state index is 12.4. The summed E-state index contributed by atoms with van der Waals surface area (Å²) in [4.78, 5) is 24.6. The third-order valence-corrected chi connectivity index (χ3v) is 4.00. The second-order valence-electron chi connectivity index (χ2n) is 5.88. The van der Waals surface area contributed by atoms with Gasteiger partial charge in [-0.25, -0.2) is 0 Å². The number of carbonyl (C=O) groups is 2. The van der Waals surface area contributed by atoms with E-state index in [0.717, 1.165) is 18.4 Å². The Morgan fingerprint density at radius 3 is 2.33 bits per heavy atom. The molecule has 27 heavy (non-hydrogen) atoms. The van der Waals surface area contributed by atoms with Crippen molar-refractivity contribution >= 4 is 29.1 Å².